The Hall–Kier alpha value is -2.74. The van der Waals surface area contributed by atoms with E-state index in [4.69, 9.17) is 4.42 Å². The Morgan fingerprint density at radius 3 is 3.00 bits per heavy atom. The molecule has 4 heterocycles. The summed E-state index contributed by atoms with van der Waals surface area (Å²) in [4.78, 5) is 29.0. The number of carbonyl (C=O) groups is 1. The average molecular weight is 356 g/mol. The number of piperidine rings is 1. The SMILES string of the molecule is O=C(c1ccc(=O)[nH]c1)N1CCCC(c2nnc(-c3cccs3)o2)C1. The minimum atomic E-state index is -0.222. The van der Waals surface area contributed by atoms with E-state index in [1.165, 1.54) is 12.3 Å². The minimum absolute atomic E-state index is 0.0293. The van der Waals surface area contributed by atoms with Crippen LogP contribution < -0.4 is 5.56 Å². The first kappa shape index (κ1) is 15.8. The van der Waals surface area contributed by atoms with Crippen LogP contribution in [0.2, 0.25) is 0 Å². The molecule has 3 aromatic rings. The van der Waals surface area contributed by atoms with E-state index in [2.05, 4.69) is 15.2 Å². The van der Waals surface area contributed by atoms with Crippen molar-refractivity contribution in [2.24, 2.45) is 0 Å². The van der Waals surface area contributed by atoms with Gasteiger partial charge in [-0.1, -0.05) is 6.07 Å². The Morgan fingerprint density at radius 1 is 1.32 bits per heavy atom. The third-order valence-electron chi connectivity index (χ3n) is 4.26. The van der Waals surface area contributed by atoms with Gasteiger partial charge in [0, 0.05) is 25.4 Å². The van der Waals surface area contributed by atoms with Gasteiger partial charge in [-0.25, -0.2) is 0 Å². The van der Waals surface area contributed by atoms with Gasteiger partial charge in [0.25, 0.3) is 11.8 Å². The molecule has 1 aliphatic heterocycles. The largest absolute Gasteiger partial charge is 0.420 e. The van der Waals surface area contributed by atoms with Crippen LogP contribution in [-0.2, 0) is 0 Å². The van der Waals surface area contributed by atoms with E-state index in [1.807, 2.05) is 17.5 Å². The van der Waals surface area contributed by atoms with Crippen LogP contribution in [0.1, 0.15) is 35.0 Å². The van der Waals surface area contributed by atoms with Gasteiger partial charge in [-0.05, 0) is 30.4 Å². The molecule has 0 aromatic carbocycles. The maximum absolute atomic E-state index is 12.6. The molecule has 1 N–H and O–H groups in total. The summed E-state index contributed by atoms with van der Waals surface area (Å²) in [6, 6.07) is 6.79. The second-order valence-electron chi connectivity index (χ2n) is 5.95. The molecule has 1 unspecified atom stereocenters. The highest BCUT2D eigenvalue weighted by Gasteiger charge is 2.29. The topological polar surface area (TPSA) is 92.1 Å². The third kappa shape index (κ3) is 3.25. The molecule has 1 fully saturated rings. The molecule has 0 radical (unpaired) electrons. The van der Waals surface area contributed by atoms with Gasteiger partial charge in [-0.15, -0.1) is 21.5 Å². The van der Waals surface area contributed by atoms with E-state index in [9.17, 15) is 9.59 Å². The molecule has 1 atom stereocenters. The number of carbonyl (C=O) groups excluding carboxylic acids is 1. The Morgan fingerprint density at radius 2 is 2.24 bits per heavy atom. The van der Waals surface area contributed by atoms with Gasteiger partial charge in [0.15, 0.2) is 0 Å². The van der Waals surface area contributed by atoms with Crippen LogP contribution >= 0.6 is 11.3 Å². The Bertz CT molecular complexity index is 911. The maximum atomic E-state index is 12.6. The van der Waals surface area contributed by atoms with E-state index >= 15 is 0 Å². The fourth-order valence-corrected chi connectivity index (χ4v) is 3.63. The van der Waals surface area contributed by atoms with Crippen LogP contribution in [0.15, 0.2) is 45.1 Å². The van der Waals surface area contributed by atoms with Crippen molar-refractivity contribution >= 4 is 17.2 Å². The van der Waals surface area contributed by atoms with E-state index in [-0.39, 0.29) is 17.4 Å². The summed E-state index contributed by atoms with van der Waals surface area (Å²) in [6.45, 7) is 1.21. The Labute approximate surface area is 147 Å². The highest BCUT2D eigenvalue weighted by atomic mass is 32.1. The molecule has 3 aromatic heterocycles. The van der Waals surface area contributed by atoms with Crippen molar-refractivity contribution in [3.8, 4) is 10.8 Å². The number of rotatable bonds is 3. The number of aromatic amines is 1. The van der Waals surface area contributed by atoms with Gasteiger partial charge < -0.3 is 14.3 Å². The van der Waals surface area contributed by atoms with E-state index in [0.29, 0.717) is 30.4 Å². The van der Waals surface area contributed by atoms with Crippen molar-refractivity contribution in [1.82, 2.24) is 20.1 Å². The van der Waals surface area contributed by atoms with Gasteiger partial charge in [0.1, 0.15) is 0 Å². The average Bonchev–Trinajstić information content (AvgIpc) is 3.33. The fourth-order valence-electron chi connectivity index (χ4n) is 2.99. The number of nitrogens with zero attached hydrogens (tertiary/aromatic N) is 3. The van der Waals surface area contributed by atoms with Crippen LogP contribution in [0.4, 0.5) is 0 Å². The van der Waals surface area contributed by atoms with Crippen molar-refractivity contribution in [2.45, 2.75) is 18.8 Å². The molecule has 25 heavy (non-hydrogen) atoms. The molecule has 128 valence electrons. The first-order chi connectivity index (χ1) is 12.2. The van der Waals surface area contributed by atoms with Crippen molar-refractivity contribution in [3.05, 3.63) is 57.7 Å². The number of hydrogen-bond acceptors (Lipinski definition) is 6. The van der Waals surface area contributed by atoms with Gasteiger partial charge in [0.2, 0.25) is 11.4 Å². The van der Waals surface area contributed by atoms with Crippen LogP contribution in [-0.4, -0.2) is 39.1 Å². The lowest BCUT2D eigenvalue weighted by atomic mass is 9.97. The smallest absolute Gasteiger partial charge is 0.257 e. The van der Waals surface area contributed by atoms with Crippen LogP contribution in [0.25, 0.3) is 10.8 Å². The molecule has 1 aliphatic rings. The van der Waals surface area contributed by atoms with Gasteiger partial charge in [-0.2, -0.15) is 0 Å². The summed E-state index contributed by atoms with van der Waals surface area (Å²) in [7, 11) is 0. The number of hydrogen-bond donors (Lipinski definition) is 1. The van der Waals surface area contributed by atoms with Crippen LogP contribution in [0, 0.1) is 0 Å². The molecular formula is C17H16N4O3S. The summed E-state index contributed by atoms with van der Waals surface area (Å²) >= 11 is 1.55. The zero-order valence-electron chi connectivity index (χ0n) is 13.3. The predicted octanol–water partition coefficient (Wildman–Crippen LogP) is 2.51. The van der Waals surface area contributed by atoms with E-state index in [1.54, 1.807) is 22.3 Å². The number of nitrogens with one attached hydrogen (secondary N) is 1. The van der Waals surface area contributed by atoms with Crippen molar-refractivity contribution in [2.75, 3.05) is 13.1 Å². The third-order valence-corrected chi connectivity index (χ3v) is 5.12. The summed E-state index contributed by atoms with van der Waals surface area (Å²) in [5, 5.41) is 10.3. The number of thiophene rings is 1. The highest BCUT2D eigenvalue weighted by molar-refractivity contribution is 7.13. The number of amides is 1. The van der Waals surface area contributed by atoms with Gasteiger partial charge >= 0.3 is 0 Å². The lowest BCUT2D eigenvalue weighted by Gasteiger charge is -2.31. The number of H-pyrrole nitrogens is 1. The van der Waals surface area contributed by atoms with Gasteiger partial charge in [0.05, 0.1) is 16.4 Å². The maximum Gasteiger partial charge on any atom is 0.257 e. The molecule has 1 saturated heterocycles. The monoisotopic (exact) mass is 356 g/mol. The first-order valence-electron chi connectivity index (χ1n) is 8.06. The van der Waals surface area contributed by atoms with Gasteiger partial charge in [-0.3, -0.25) is 9.59 Å². The number of aromatic nitrogens is 3. The molecule has 7 nitrogen and oxygen atoms in total. The van der Waals surface area contributed by atoms with E-state index < -0.39 is 0 Å². The van der Waals surface area contributed by atoms with Crippen molar-refractivity contribution < 1.29 is 9.21 Å². The lowest BCUT2D eigenvalue weighted by Crippen LogP contribution is -2.39. The summed E-state index contributed by atoms with van der Waals surface area (Å²) in [6.07, 6.45) is 3.23. The number of pyridine rings is 1. The predicted molar refractivity (Wildman–Crippen MR) is 92.6 cm³/mol. The minimum Gasteiger partial charge on any atom is -0.420 e. The molecule has 1 amide bonds. The lowest BCUT2D eigenvalue weighted by molar-refractivity contribution is 0.0698. The Kier molecular flexibility index (Phi) is 4.19. The summed E-state index contributed by atoms with van der Waals surface area (Å²) in [5.41, 5.74) is 0.255. The molecule has 0 aliphatic carbocycles. The highest BCUT2D eigenvalue weighted by Crippen LogP contribution is 2.30. The zero-order chi connectivity index (χ0) is 17.2. The molecular weight excluding hydrogens is 340 g/mol. The number of likely N-dealkylation sites (tertiary alicyclic amines) is 1. The first-order valence-corrected chi connectivity index (χ1v) is 8.94. The van der Waals surface area contributed by atoms with Crippen LogP contribution in [0.5, 0.6) is 0 Å². The van der Waals surface area contributed by atoms with E-state index in [0.717, 1.165) is 17.7 Å². The fraction of sp³-hybridized carbons (Fsp3) is 0.294. The summed E-state index contributed by atoms with van der Waals surface area (Å²) < 4.78 is 5.82. The quantitative estimate of drug-likeness (QED) is 0.778. The molecule has 8 heteroatoms. The standard InChI is InChI=1S/C17H16N4O3S/c22-14-6-5-11(9-18-14)17(23)21-7-1-3-12(10-21)15-19-20-16(24-15)13-4-2-8-25-13/h2,4-6,8-9,12H,1,3,7,10H2,(H,18,22). The second kappa shape index (κ2) is 6.64. The molecule has 0 spiro atoms. The van der Waals surface area contributed by atoms with Crippen molar-refractivity contribution in [1.29, 1.82) is 0 Å². The molecule has 4 rings (SSSR count). The second-order valence-corrected chi connectivity index (χ2v) is 6.90. The zero-order valence-corrected chi connectivity index (χ0v) is 14.2. The molecule has 0 bridgehead atoms. The molecule has 0 saturated carbocycles. The Balaban J connectivity index is 1.50. The van der Waals surface area contributed by atoms with Crippen molar-refractivity contribution in [3.63, 3.8) is 0 Å². The van der Waals surface area contributed by atoms with Crippen LogP contribution in [0.3, 0.4) is 0 Å². The normalized spacial score (nSPS) is 17.6. The summed E-state index contributed by atoms with van der Waals surface area (Å²) in [5.74, 6) is 1.03.